The number of benzene rings is 2. The third kappa shape index (κ3) is 2.67. The fourth-order valence-corrected chi connectivity index (χ4v) is 1.57. The number of hydrogen-bond acceptors (Lipinski definition) is 2. The maximum atomic E-state index is 10.8. The van der Waals surface area contributed by atoms with Crippen LogP contribution in [-0.2, 0) is 17.1 Å². The number of carboxylic acid groups (broad SMARTS) is 1. The van der Waals surface area contributed by atoms with Crippen molar-refractivity contribution in [2.45, 2.75) is 0 Å². The van der Waals surface area contributed by atoms with Gasteiger partial charge in [-0.05, 0) is 11.6 Å². The van der Waals surface area contributed by atoms with E-state index in [0.29, 0.717) is 5.56 Å². The average Bonchev–Trinajstić information content (AvgIpc) is 2.30. The van der Waals surface area contributed by atoms with Crippen LogP contribution in [0.15, 0.2) is 48.5 Å². The van der Waals surface area contributed by atoms with Gasteiger partial charge < -0.3 is 10.2 Å². The van der Waals surface area contributed by atoms with Crippen LogP contribution in [0.5, 0.6) is 5.75 Å². The fourth-order valence-electron chi connectivity index (χ4n) is 1.57. The van der Waals surface area contributed by atoms with Crippen molar-refractivity contribution >= 4 is 5.97 Å². The first-order valence-corrected chi connectivity index (χ1v) is 4.81. The average molecular weight is 270 g/mol. The van der Waals surface area contributed by atoms with E-state index in [1.807, 2.05) is 30.3 Å². The zero-order valence-electron chi connectivity index (χ0n) is 8.78. The predicted molar refractivity (Wildman–Crippen MR) is 60.5 cm³/mol. The Hall–Kier alpha value is -1.77. The van der Waals surface area contributed by atoms with Crippen LogP contribution < -0.4 is 0 Å². The van der Waals surface area contributed by atoms with E-state index in [1.165, 1.54) is 6.07 Å². The molecule has 2 rings (SSSR count). The molecule has 0 unspecified atom stereocenters. The van der Waals surface area contributed by atoms with E-state index < -0.39 is 5.97 Å². The Morgan fingerprint density at radius 2 is 1.59 bits per heavy atom. The Morgan fingerprint density at radius 3 is 2.18 bits per heavy atom. The van der Waals surface area contributed by atoms with E-state index in [9.17, 15) is 9.90 Å². The molecule has 0 saturated heterocycles. The summed E-state index contributed by atoms with van der Waals surface area (Å²) in [6, 6.07) is 13.9. The maximum absolute atomic E-state index is 10.8. The van der Waals surface area contributed by atoms with Gasteiger partial charge in [-0.15, -0.1) is 0 Å². The van der Waals surface area contributed by atoms with Gasteiger partial charge in [-0.3, -0.25) is 0 Å². The molecule has 0 aliphatic heterocycles. The largest absolute Gasteiger partial charge is 0.506 e. The summed E-state index contributed by atoms with van der Waals surface area (Å²) in [5.74, 6) is -1.32. The first kappa shape index (κ1) is 13.3. The Balaban J connectivity index is 0.00000144. The molecule has 0 aromatic heterocycles. The summed E-state index contributed by atoms with van der Waals surface area (Å²) in [4.78, 5) is 10.8. The second-order valence-corrected chi connectivity index (χ2v) is 3.37. The van der Waals surface area contributed by atoms with Crippen molar-refractivity contribution < 1.29 is 32.1 Å². The quantitative estimate of drug-likeness (QED) is 0.825. The van der Waals surface area contributed by atoms with Gasteiger partial charge >= 0.3 is 5.97 Å². The molecule has 0 aliphatic carbocycles. The minimum absolute atomic E-state index is 0. The first-order valence-electron chi connectivity index (χ1n) is 4.81. The Morgan fingerprint density at radius 1 is 0.941 bits per heavy atom. The van der Waals surface area contributed by atoms with Crippen LogP contribution in [0, 0.1) is 0 Å². The maximum Gasteiger partial charge on any atom is 0.339 e. The van der Waals surface area contributed by atoms with E-state index in [2.05, 4.69) is 0 Å². The van der Waals surface area contributed by atoms with Crippen LogP contribution in [-0.4, -0.2) is 16.2 Å². The van der Waals surface area contributed by atoms with Gasteiger partial charge in [0, 0.05) is 22.6 Å². The van der Waals surface area contributed by atoms with Crippen molar-refractivity contribution in [2.75, 3.05) is 0 Å². The molecule has 0 saturated carbocycles. The molecule has 0 radical (unpaired) electrons. The molecule has 3 nitrogen and oxygen atoms in total. The van der Waals surface area contributed by atoms with E-state index in [1.54, 1.807) is 12.1 Å². The minimum atomic E-state index is -1.13. The van der Waals surface area contributed by atoms with Crippen molar-refractivity contribution in [1.29, 1.82) is 0 Å². The molecular weight excluding hydrogens is 260 g/mol. The molecule has 0 fully saturated rings. The van der Waals surface area contributed by atoms with Crippen LogP contribution in [0.1, 0.15) is 10.4 Å². The molecule has 4 heteroatoms. The summed E-state index contributed by atoms with van der Waals surface area (Å²) in [7, 11) is 0. The van der Waals surface area contributed by atoms with Crippen LogP contribution in [0.4, 0.5) is 0 Å². The SMILES string of the molecule is O=C(O)c1cccc(-c2ccccc2)c1O.[Fe]. The van der Waals surface area contributed by atoms with E-state index >= 15 is 0 Å². The zero-order chi connectivity index (χ0) is 11.5. The number of carboxylic acids is 1. The molecule has 0 amide bonds. The number of aromatic carboxylic acids is 1. The second-order valence-electron chi connectivity index (χ2n) is 3.37. The van der Waals surface area contributed by atoms with Crippen LogP contribution in [0.3, 0.4) is 0 Å². The number of hydrogen-bond donors (Lipinski definition) is 2. The Kier molecular flexibility index (Phi) is 4.32. The molecule has 2 aromatic carbocycles. The van der Waals surface area contributed by atoms with Gasteiger partial charge in [0.25, 0.3) is 0 Å². The van der Waals surface area contributed by atoms with E-state index in [0.717, 1.165) is 5.56 Å². The molecule has 0 bridgehead atoms. The molecule has 88 valence electrons. The molecular formula is C13H10FeO3. The van der Waals surface area contributed by atoms with Gasteiger partial charge in [0.15, 0.2) is 0 Å². The predicted octanol–water partition coefficient (Wildman–Crippen LogP) is 2.75. The molecule has 2 N–H and O–H groups in total. The standard InChI is InChI=1S/C13H10O3.Fe/c14-12-10(9-5-2-1-3-6-9)7-4-8-11(12)13(15)16;/h1-8,14H,(H,15,16);. The third-order valence-electron chi connectivity index (χ3n) is 2.35. The van der Waals surface area contributed by atoms with Crippen molar-refractivity contribution in [3.63, 3.8) is 0 Å². The Bertz CT molecular complexity index is 523. The molecule has 0 atom stereocenters. The summed E-state index contributed by atoms with van der Waals surface area (Å²) in [6.45, 7) is 0. The third-order valence-corrected chi connectivity index (χ3v) is 2.35. The Labute approximate surface area is 109 Å². The summed E-state index contributed by atoms with van der Waals surface area (Å²) in [6.07, 6.45) is 0. The van der Waals surface area contributed by atoms with Crippen molar-refractivity contribution in [3.8, 4) is 16.9 Å². The molecule has 0 heterocycles. The van der Waals surface area contributed by atoms with Gasteiger partial charge in [0.2, 0.25) is 0 Å². The molecule has 0 aliphatic rings. The molecule has 0 spiro atoms. The number of aromatic hydroxyl groups is 1. The number of phenols is 1. The number of rotatable bonds is 2. The van der Waals surface area contributed by atoms with Crippen LogP contribution in [0.2, 0.25) is 0 Å². The van der Waals surface area contributed by atoms with Gasteiger partial charge in [-0.25, -0.2) is 4.79 Å². The monoisotopic (exact) mass is 270 g/mol. The van der Waals surface area contributed by atoms with Gasteiger partial charge in [0.1, 0.15) is 11.3 Å². The topological polar surface area (TPSA) is 57.5 Å². The van der Waals surface area contributed by atoms with Crippen LogP contribution in [0.25, 0.3) is 11.1 Å². The molecule has 2 aromatic rings. The summed E-state index contributed by atoms with van der Waals surface area (Å²) < 4.78 is 0. The normalized spacial score (nSPS) is 9.41. The van der Waals surface area contributed by atoms with Crippen molar-refractivity contribution in [2.24, 2.45) is 0 Å². The van der Waals surface area contributed by atoms with Crippen LogP contribution >= 0.6 is 0 Å². The van der Waals surface area contributed by atoms with Crippen molar-refractivity contribution in [1.82, 2.24) is 0 Å². The van der Waals surface area contributed by atoms with Crippen molar-refractivity contribution in [3.05, 3.63) is 54.1 Å². The second kappa shape index (κ2) is 5.53. The summed E-state index contributed by atoms with van der Waals surface area (Å²) >= 11 is 0. The number of para-hydroxylation sites is 1. The summed E-state index contributed by atoms with van der Waals surface area (Å²) in [5, 5.41) is 18.7. The van der Waals surface area contributed by atoms with Gasteiger partial charge in [0.05, 0.1) is 0 Å². The zero-order valence-corrected chi connectivity index (χ0v) is 9.88. The molecule has 17 heavy (non-hydrogen) atoms. The van der Waals surface area contributed by atoms with E-state index in [4.69, 9.17) is 5.11 Å². The summed E-state index contributed by atoms with van der Waals surface area (Å²) in [5.41, 5.74) is 1.24. The van der Waals surface area contributed by atoms with Gasteiger partial charge in [-0.1, -0.05) is 42.5 Å². The first-order chi connectivity index (χ1) is 7.70. The smallest absolute Gasteiger partial charge is 0.339 e. The minimum Gasteiger partial charge on any atom is -0.506 e. The fraction of sp³-hybridized carbons (Fsp3) is 0. The van der Waals surface area contributed by atoms with Gasteiger partial charge in [-0.2, -0.15) is 0 Å². The number of carbonyl (C=O) groups is 1. The van der Waals surface area contributed by atoms with E-state index in [-0.39, 0.29) is 28.4 Å².